The first-order valence-corrected chi connectivity index (χ1v) is 12.6. The molecule has 0 N–H and O–H groups in total. The van der Waals surface area contributed by atoms with Gasteiger partial charge >= 0.3 is 6.09 Å². The minimum Gasteiger partial charge on any atom is -0.444 e. The molecule has 0 radical (unpaired) electrons. The number of benzene rings is 1. The third-order valence-corrected chi connectivity index (χ3v) is 6.90. The molecule has 0 unspecified atom stereocenters. The predicted molar refractivity (Wildman–Crippen MR) is 132 cm³/mol. The second-order valence-corrected chi connectivity index (χ2v) is 10.7. The van der Waals surface area contributed by atoms with Crippen LogP contribution in [0.15, 0.2) is 33.9 Å². The van der Waals surface area contributed by atoms with Gasteiger partial charge in [0.2, 0.25) is 0 Å². The average Bonchev–Trinajstić information content (AvgIpc) is 2.80. The number of hydrogen-bond donors (Lipinski definition) is 0. The van der Waals surface area contributed by atoms with Crippen LogP contribution in [0.5, 0.6) is 0 Å². The van der Waals surface area contributed by atoms with E-state index < -0.39 is 11.1 Å². The van der Waals surface area contributed by atoms with Crippen molar-refractivity contribution in [2.45, 2.75) is 64.5 Å². The first-order chi connectivity index (χ1) is 15.7. The molecule has 3 rings (SSSR count). The summed E-state index contributed by atoms with van der Waals surface area (Å²) < 4.78 is 6.54. The molecule has 1 aromatic carbocycles. The molecule has 2 heterocycles. The van der Waals surface area contributed by atoms with Gasteiger partial charge < -0.3 is 14.5 Å². The minimum absolute atomic E-state index is 0.284. The predicted octanol–water partition coefficient (Wildman–Crippen LogP) is 5.19. The molecule has 0 bridgehead atoms. The van der Waals surface area contributed by atoms with Crippen molar-refractivity contribution in [3.8, 4) is 6.07 Å². The Morgan fingerprint density at radius 1 is 1.18 bits per heavy atom. The Bertz CT molecular complexity index is 872. The summed E-state index contributed by atoms with van der Waals surface area (Å²) in [6.07, 6.45) is 2.82. The minimum atomic E-state index is -0.529. The summed E-state index contributed by atoms with van der Waals surface area (Å²) in [5.74, 6) is 0.284. The van der Waals surface area contributed by atoms with E-state index in [1.807, 2.05) is 39.8 Å². The standard InChI is InChI=1S/C25H35BrN4O3/c1-5-32-28-22(19-6-8-21(26)9-7-19)20-10-14-30(15-11-20)25(18-27)12-16-29(17-13-25)23(31)33-24(2,3)4/h6-9,20H,5,10-17H2,1-4H3/b28-22+. The molecule has 8 heteroatoms. The second-order valence-electron chi connectivity index (χ2n) is 9.77. The Labute approximate surface area is 205 Å². The number of likely N-dealkylation sites (tertiary alicyclic amines) is 2. The topological polar surface area (TPSA) is 78.2 Å². The Hall–Kier alpha value is -2.11. The number of nitriles is 1. The van der Waals surface area contributed by atoms with Crippen LogP contribution in [0.1, 0.15) is 58.9 Å². The Kier molecular flexibility index (Phi) is 8.41. The highest BCUT2D eigenvalue weighted by Crippen LogP contribution is 2.34. The number of amides is 1. The van der Waals surface area contributed by atoms with Gasteiger partial charge in [-0.3, -0.25) is 4.90 Å². The molecule has 2 aliphatic rings. The molecule has 33 heavy (non-hydrogen) atoms. The van der Waals surface area contributed by atoms with E-state index in [1.54, 1.807) is 4.90 Å². The van der Waals surface area contributed by atoms with Gasteiger partial charge in [-0.15, -0.1) is 0 Å². The third-order valence-electron chi connectivity index (χ3n) is 6.37. The van der Waals surface area contributed by atoms with Crippen molar-refractivity contribution in [3.05, 3.63) is 34.3 Å². The lowest BCUT2D eigenvalue weighted by molar-refractivity contribution is 0.00179. The van der Waals surface area contributed by atoms with Crippen LogP contribution in [-0.4, -0.2) is 65.5 Å². The number of nitrogens with zero attached hydrogens (tertiary/aromatic N) is 4. The van der Waals surface area contributed by atoms with E-state index in [2.05, 4.69) is 44.2 Å². The van der Waals surface area contributed by atoms with E-state index >= 15 is 0 Å². The third kappa shape index (κ3) is 6.48. The van der Waals surface area contributed by atoms with E-state index in [9.17, 15) is 10.1 Å². The van der Waals surface area contributed by atoms with E-state index in [-0.39, 0.29) is 12.0 Å². The van der Waals surface area contributed by atoms with Crippen LogP contribution in [0, 0.1) is 17.2 Å². The number of piperidine rings is 2. The molecule has 2 aliphatic heterocycles. The number of rotatable bonds is 5. The highest BCUT2D eigenvalue weighted by atomic mass is 79.9. The monoisotopic (exact) mass is 518 g/mol. The molecule has 2 fully saturated rings. The molecule has 0 aliphatic carbocycles. The highest BCUT2D eigenvalue weighted by Gasteiger charge is 2.43. The second kappa shape index (κ2) is 10.9. The van der Waals surface area contributed by atoms with E-state index in [4.69, 9.17) is 9.57 Å². The van der Waals surface area contributed by atoms with Crippen LogP contribution in [0.25, 0.3) is 0 Å². The number of carbonyl (C=O) groups excluding carboxylic acids is 1. The zero-order valence-electron chi connectivity index (χ0n) is 20.1. The Balaban J connectivity index is 1.63. The first kappa shape index (κ1) is 25.5. The molecule has 0 spiro atoms. The summed E-state index contributed by atoms with van der Waals surface area (Å²) >= 11 is 3.50. The van der Waals surface area contributed by atoms with Gasteiger partial charge in [0.25, 0.3) is 0 Å². The van der Waals surface area contributed by atoms with Gasteiger partial charge in [-0.1, -0.05) is 33.2 Å². The van der Waals surface area contributed by atoms with Gasteiger partial charge in [-0.25, -0.2) is 4.79 Å². The van der Waals surface area contributed by atoms with Crippen molar-refractivity contribution < 1.29 is 14.4 Å². The van der Waals surface area contributed by atoms with Crippen molar-refractivity contribution in [1.82, 2.24) is 9.80 Å². The van der Waals surface area contributed by atoms with Crippen LogP contribution in [0.3, 0.4) is 0 Å². The molecular weight excluding hydrogens is 484 g/mol. The summed E-state index contributed by atoms with van der Waals surface area (Å²) in [6.45, 7) is 10.8. The molecule has 2 saturated heterocycles. The summed E-state index contributed by atoms with van der Waals surface area (Å²) in [5.41, 5.74) is 1.01. The number of oxime groups is 1. The molecule has 0 atom stereocenters. The van der Waals surface area contributed by atoms with Crippen molar-refractivity contribution in [2.24, 2.45) is 11.1 Å². The van der Waals surface area contributed by atoms with Crippen LogP contribution in [0.4, 0.5) is 4.79 Å². The quantitative estimate of drug-likeness (QED) is 0.395. The van der Waals surface area contributed by atoms with Gasteiger partial charge in [-0.05, 0) is 71.1 Å². The maximum absolute atomic E-state index is 12.4. The van der Waals surface area contributed by atoms with Gasteiger partial charge in [-0.2, -0.15) is 5.26 Å². The van der Waals surface area contributed by atoms with Crippen LogP contribution < -0.4 is 0 Å². The Morgan fingerprint density at radius 3 is 2.30 bits per heavy atom. The van der Waals surface area contributed by atoms with Crippen LogP contribution >= 0.6 is 15.9 Å². The fraction of sp³-hybridized carbons (Fsp3) is 0.640. The van der Waals surface area contributed by atoms with Gasteiger partial charge in [0.05, 0.1) is 11.8 Å². The zero-order valence-corrected chi connectivity index (χ0v) is 21.7. The average molecular weight is 519 g/mol. The molecule has 180 valence electrons. The summed E-state index contributed by atoms with van der Waals surface area (Å²) in [6, 6.07) is 10.8. The largest absolute Gasteiger partial charge is 0.444 e. The molecule has 1 amide bonds. The van der Waals surface area contributed by atoms with E-state index in [0.29, 0.717) is 32.5 Å². The summed E-state index contributed by atoms with van der Waals surface area (Å²) in [5, 5.41) is 14.6. The molecule has 0 saturated carbocycles. The Morgan fingerprint density at radius 2 is 1.79 bits per heavy atom. The lowest BCUT2D eigenvalue weighted by Crippen LogP contribution is -2.58. The SMILES string of the molecule is CCO/N=C(\c1ccc(Br)cc1)C1CCN(C2(C#N)CCN(C(=O)OC(C)(C)C)CC2)CC1. The van der Waals surface area contributed by atoms with E-state index in [0.717, 1.165) is 41.7 Å². The van der Waals surface area contributed by atoms with Gasteiger partial charge in [0.15, 0.2) is 0 Å². The summed E-state index contributed by atoms with van der Waals surface area (Å²) in [7, 11) is 0. The molecule has 7 nitrogen and oxygen atoms in total. The maximum atomic E-state index is 12.4. The number of halogens is 1. The smallest absolute Gasteiger partial charge is 0.410 e. The first-order valence-electron chi connectivity index (χ1n) is 11.8. The maximum Gasteiger partial charge on any atom is 0.410 e. The number of hydrogen-bond acceptors (Lipinski definition) is 6. The summed E-state index contributed by atoms with van der Waals surface area (Å²) in [4.78, 5) is 21.9. The van der Waals surface area contributed by atoms with Crippen molar-refractivity contribution in [3.63, 3.8) is 0 Å². The normalized spacial score (nSPS) is 20.2. The fourth-order valence-electron chi connectivity index (χ4n) is 4.58. The van der Waals surface area contributed by atoms with Crippen LogP contribution in [0.2, 0.25) is 0 Å². The fourth-order valence-corrected chi connectivity index (χ4v) is 4.85. The number of ether oxygens (including phenoxy) is 1. The molecular formula is C25H35BrN4O3. The van der Waals surface area contributed by atoms with Gasteiger partial charge in [0.1, 0.15) is 17.7 Å². The lowest BCUT2D eigenvalue weighted by Gasteiger charge is -2.47. The molecule has 1 aromatic rings. The van der Waals surface area contributed by atoms with Crippen molar-refractivity contribution in [2.75, 3.05) is 32.8 Å². The highest BCUT2D eigenvalue weighted by molar-refractivity contribution is 9.10. The van der Waals surface area contributed by atoms with Crippen LogP contribution in [-0.2, 0) is 9.57 Å². The molecule has 0 aromatic heterocycles. The van der Waals surface area contributed by atoms with Crippen molar-refractivity contribution in [1.29, 1.82) is 5.26 Å². The zero-order chi connectivity index (χ0) is 24.1. The lowest BCUT2D eigenvalue weighted by atomic mass is 9.82. The van der Waals surface area contributed by atoms with E-state index in [1.165, 1.54) is 0 Å². The van der Waals surface area contributed by atoms with Gasteiger partial charge in [0, 0.05) is 36.6 Å². The number of carbonyl (C=O) groups is 1. The van der Waals surface area contributed by atoms with Crippen molar-refractivity contribution >= 4 is 27.7 Å².